The second-order valence-corrected chi connectivity index (χ2v) is 2.77. The van der Waals surface area contributed by atoms with Gasteiger partial charge in [-0.1, -0.05) is 12.1 Å². The lowest BCUT2D eigenvalue weighted by molar-refractivity contribution is 0.0665. The molecule has 0 saturated carbocycles. The maximum absolute atomic E-state index is 5.21. The molecular formula is C8H16N2O. The van der Waals surface area contributed by atoms with Crippen molar-refractivity contribution < 1.29 is 4.84 Å². The number of likely N-dealkylation sites (tertiary alicyclic amines) is 1. The molecule has 1 rings (SSSR count). The maximum Gasteiger partial charge on any atom is 0.141 e. The molecule has 0 aromatic rings. The van der Waals surface area contributed by atoms with Crippen LogP contribution in [0, 0.1) is 0 Å². The lowest BCUT2D eigenvalue weighted by Gasteiger charge is -2.11. The van der Waals surface area contributed by atoms with E-state index >= 15 is 0 Å². The molecular weight excluding hydrogens is 140 g/mol. The fraction of sp³-hybridized carbons (Fsp3) is 0.875. The molecule has 0 amide bonds. The molecule has 64 valence electrons. The van der Waals surface area contributed by atoms with Crippen LogP contribution in [0.15, 0.2) is 5.16 Å². The Morgan fingerprint density at radius 1 is 1.73 bits per heavy atom. The van der Waals surface area contributed by atoms with Gasteiger partial charge in [0.2, 0.25) is 0 Å². The molecule has 1 aliphatic rings. The molecule has 1 atom stereocenters. The van der Waals surface area contributed by atoms with Gasteiger partial charge in [0.1, 0.15) is 6.10 Å². The van der Waals surface area contributed by atoms with E-state index in [0.717, 1.165) is 26.1 Å². The Bertz CT molecular complexity index is 136. The van der Waals surface area contributed by atoms with Gasteiger partial charge in [-0.15, -0.1) is 0 Å². The molecule has 1 unspecified atom stereocenters. The summed E-state index contributed by atoms with van der Waals surface area (Å²) in [5, 5.41) is 3.77. The zero-order chi connectivity index (χ0) is 8.10. The molecule has 1 heterocycles. The van der Waals surface area contributed by atoms with E-state index in [1.54, 1.807) is 6.21 Å². The second-order valence-electron chi connectivity index (χ2n) is 2.77. The van der Waals surface area contributed by atoms with Crippen LogP contribution < -0.4 is 0 Å². The lowest BCUT2D eigenvalue weighted by atomic mass is 10.3. The Morgan fingerprint density at radius 2 is 2.55 bits per heavy atom. The minimum atomic E-state index is 0.325. The topological polar surface area (TPSA) is 24.8 Å². The minimum absolute atomic E-state index is 0.325. The van der Waals surface area contributed by atoms with Crippen molar-refractivity contribution in [1.82, 2.24) is 4.90 Å². The van der Waals surface area contributed by atoms with Crippen molar-refractivity contribution in [3.05, 3.63) is 0 Å². The van der Waals surface area contributed by atoms with Crippen LogP contribution in [-0.4, -0.2) is 36.9 Å². The van der Waals surface area contributed by atoms with Gasteiger partial charge >= 0.3 is 0 Å². The van der Waals surface area contributed by atoms with E-state index in [-0.39, 0.29) is 0 Å². The van der Waals surface area contributed by atoms with Gasteiger partial charge in [0.25, 0.3) is 0 Å². The number of nitrogens with zero attached hydrogens (tertiary/aromatic N) is 2. The van der Waals surface area contributed by atoms with Crippen molar-refractivity contribution in [1.29, 1.82) is 0 Å². The summed E-state index contributed by atoms with van der Waals surface area (Å²) < 4.78 is 0. The van der Waals surface area contributed by atoms with Gasteiger partial charge in [-0.25, -0.2) is 0 Å². The molecule has 0 spiro atoms. The Kier molecular flexibility index (Phi) is 3.36. The van der Waals surface area contributed by atoms with E-state index in [2.05, 4.69) is 17.0 Å². The highest BCUT2D eigenvalue weighted by atomic mass is 16.6. The summed E-state index contributed by atoms with van der Waals surface area (Å²) in [7, 11) is 0. The van der Waals surface area contributed by atoms with E-state index in [0.29, 0.717) is 6.10 Å². The third-order valence-corrected chi connectivity index (χ3v) is 1.99. The molecule has 0 aromatic carbocycles. The van der Waals surface area contributed by atoms with Crippen LogP contribution in [0.3, 0.4) is 0 Å². The molecule has 0 radical (unpaired) electrons. The highest BCUT2D eigenvalue weighted by molar-refractivity contribution is 5.52. The van der Waals surface area contributed by atoms with Crippen LogP contribution in [0.5, 0.6) is 0 Å². The van der Waals surface area contributed by atoms with Crippen LogP contribution in [0.2, 0.25) is 0 Å². The molecule has 11 heavy (non-hydrogen) atoms. The van der Waals surface area contributed by atoms with E-state index in [9.17, 15) is 0 Å². The number of oxime groups is 1. The standard InChI is InChI=1S/C8H16N2O/c1-3-9-11-8-5-6-10(4-2)7-8/h3,8H,4-7H2,1-2H3/b9-3+. The average molecular weight is 156 g/mol. The molecule has 0 bridgehead atoms. The van der Waals surface area contributed by atoms with Crippen LogP contribution >= 0.6 is 0 Å². The summed E-state index contributed by atoms with van der Waals surface area (Å²) in [6, 6.07) is 0. The van der Waals surface area contributed by atoms with Gasteiger partial charge in [-0.3, -0.25) is 4.90 Å². The minimum Gasteiger partial charge on any atom is -0.391 e. The molecule has 3 nitrogen and oxygen atoms in total. The SMILES string of the molecule is C/C=N/OC1CCN(CC)C1. The molecule has 1 fully saturated rings. The third-order valence-electron chi connectivity index (χ3n) is 1.99. The largest absolute Gasteiger partial charge is 0.391 e. The first-order valence-corrected chi connectivity index (χ1v) is 4.23. The Labute approximate surface area is 68.0 Å². The van der Waals surface area contributed by atoms with Gasteiger partial charge in [-0.2, -0.15) is 0 Å². The predicted octanol–water partition coefficient (Wildman–Crippen LogP) is 1.10. The second kappa shape index (κ2) is 4.34. The van der Waals surface area contributed by atoms with E-state index in [1.807, 2.05) is 6.92 Å². The molecule has 3 heteroatoms. The van der Waals surface area contributed by atoms with Crippen LogP contribution in [0.4, 0.5) is 0 Å². The first-order valence-electron chi connectivity index (χ1n) is 4.23. The van der Waals surface area contributed by atoms with E-state index in [4.69, 9.17) is 4.84 Å². The zero-order valence-corrected chi connectivity index (χ0v) is 7.29. The third kappa shape index (κ3) is 2.50. The molecule has 0 aliphatic carbocycles. The van der Waals surface area contributed by atoms with Gasteiger partial charge < -0.3 is 4.84 Å². The highest BCUT2D eigenvalue weighted by Crippen LogP contribution is 2.11. The Balaban J connectivity index is 2.19. The number of likely N-dealkylation sites (N-methyl/N-ethyl adjacent to an activating group) is 1. The van der Waals surface area contributed by atoms with Crippen LogP contribution in [-0.2, 0) is 4.84 Å². The zero-order valence-electron chi connectivity index (χ0n) is 7.29. The normalized spacial score (nSPS) is 26.5. The Hall–Kier alpha value is -0.570. The molecule has 0 aromatic heterocycles. The fourth-order valence-electron chi connectivity index (χ4n) is 1.32. The number of rotatable bonds is 3. The van der Waals surface area contributed by atoms with Crippen molar-refractivity contribution in [3.63, 3.8) is 0 Å². The smallest absolute Gasteiger partial charge is 0.141 e. The van der Waals surface area contributed by atoms with Gasteiger partial charge in [-0.05, 0) is 13.5 Å². The van der Waals surface area contributed by atoms with Gasteiger partial charge in [0.15, 0.2) is 0 Å². The Morgan fingerprint density at radius 3 is 3.09 bits per heavy atom. The van der Waals surface area contributed by atoms with Crippen molar-refractivity contribution in [3.8, 4) is 0 Å². The average Bonchev–Trinajstić information content (AvgIpc) is 2.48. The quantitative estimate of drug-likeness (QED) is 0.451. The van der Waals surface area contributed by atoms with Crippen LogP contribution in [0.1, 0.15) is 20.3 Å². The van der Waals surface area contributed by atoms with Crippen molar-refractivity contribution >= 4 is 6.21 Å². The molecule has 1 saturated heterocycles. The summed E-state index contributed by atoms with van der Waals surface area (Å²) in [5.74, 6) is 0. The van der Waals surface area contributed by atoms with E-state index in [1.165, 1.54) is 0 Å². The van der Waals surface area contributed by atoms with Gasteiger partial charge in [0, 0.05) is 25.7 Å². The summed E-state index contributed by atoms with van der Waals surface area (Å²) in [5.41, 5.74) is 0. The van der Waals surface area contributed by atoms with E-state index < -0.39 is 0 Å². The fourth-order valence-corrected chi connectivity index (χ4v) is 1.32. The highest BCUT2D eigenvalue weighted by Gasteiger charge is 2.21. The first-order chi connectivity index (χ1) is 5.36. The summed E-state index contributed by atoms with van der Waals surface area (Å²) in [6.45, 7) is 7.35. The van der Waals surface area contributed by atoms with Crippen molar-refractivity contribution in [2.45, 2.75) is 26.4 Å². The predicted molar refractivity (Wildman–Crippen MR) is 45.8 cm³/mol. The first kappa shape index (κ1) is 8.53. The maximum atomic E-state index is 5.21. The summed E-state index contributed by atoms with van der Waals surface area (Å²) in [4.78, 5) is 7.58. The molecule has 0 N–H and O–H groups in total. The summed E-state index contributed by atoms with van der Waals surface area (Å²) in [6.07, 6.45) is 3.13. The van der Waals surface area contributed by atoms with Crippen molar-refractivity contribution in [2.24, 2.45) is 5.16 Å². The monoisotopic (exact) mass is 156 g/mol. The lowest BCUT2D eigenvalue weighted by Crippen LogP contribution is -2.21. The molecule has 1 aliphatic heterocycles. The number of hydrogen-bond donors (Lipinski definition) is 0. The van der Waals surface area contributed by atoms with Gasteiger partial charge in [0.05, 0.1) is 0 Å². The van der Waals surface area contributed by atoms with Crippen LogP contribution in [0.25, 0.3) is 0 Å². The van der Waals surface area contributed by atoms with Crippen molar-refractivity contribution in [2.75, 3.05) is 19.6 Å². The number of hydrogen-bond acceptors (Lipinski definition) is 3. The summed E-state index contributed by atoms with van der Waals surface area (Å²) >= 11 is 0.